The van der Waals surface area contributed by atoms with Crippen LogP contribution in [0.15, 0.2) is 23.0 Å². The van der Waals surface area contributed by atoms with Gasteiger partial charge in [0.1, 0.15) is 0 Å². The summed E-state index contributed by atoms with van der Waals surface area (Å²) in [6.45, 7) is 2.87. The number of hydrogen-bond acceptors (Lipinski definition) is 3. The van der Waals surface area contributed by atoms with Crippen LogP contribution in [-0.4, -0.2) is 33.4 Å². The molecule has 2 aromatic rings. The number of rotatable bonds is 1. The topological polar surface area (TPSA) is 69.0 Å². The number of aromatic nitrogens is 2. The Hall–Kier alpha value is -1.95. The first kappa shape index (κ1) is 14.0. The fourth-order valence-corrected chi connectivity index (χ4v) is 3.07. The van der Waals surface area contributed by atoms with E-state index in [0.717, 1.165) is 19.4 Å². The number of hydrogen-bond donors (Lipinski definition) is 2. The van der Waals surface area contributed by atoms with Crippen LogP contribution in [0.25, 0.3) is 10.9 Å². The lowest BCUT2D eigenvalue weighted by Gasteiger charge is -2.33. The predicted molar refractivity (Wildman–Crippen MR) is 84.1 cm³/mol. The van der Waals surface area contributed by atoms with Crippen LogP contribution in [0.4, 0.5) is 0 Å². The first-order valence-electron chi connectivity index (χ1n) is 7.13. The Kier molecular flexibility index (Phi) is 3.63. The highest BCUT2D eigenvalue weighted by Gasteiger charge is 2.24. The first-order chi connectivity index (χ1) is 10.1. The highest BCUT2D eigenvalue weighted by Crippen LogP contribution is 2.20. The number of carbonyl (C=O) groups excluding carboxylic acids is 1. The highest BCUT2D eigenvalue weighted by molar-refractivity contribution is 7.71. The number of piperidine rings is 1. The molecule has 1 aromatic carbocycles. The number of likely N-dealkylation sites (tertiary alicyclic amines) is 1. The molecule has 2 heterocycles. The Balaban J connectivity index is 2.02. The van der Waals surface area contributed by atoms with Crippen molar-refractivity contribution in [2.45, 2.75) is 32.2 Å². The molecule has 1 amide bonds. The zero-order valence-electron chi connectivity index (χ0n) is 11.8. The van der Waals surface area contributed by atoms with E-state index in [1.807, 2.05) is 4.90 Å². The van der Waals surface area contributed by atoms with Crippen molar-refractivity contribution in [2.24, 2.45) is 0 Å². The average molecular weight is 303 g/mol. The molecule has 0 radical (unpaired) electrons. The van der Waals surface area contributed by atoms with Crippen LogP contribution >= 0.6 is 12.2 Å². The Bertz CT molecular complexity index is 808. The van der Waals surface area contributed by atoms with E-state index in [9.17, 15) is 9.59 Å². The molecule has 1 saturated heterocycles. The molecule has 0 spiro atoms. The number of carbonyl (C=O) groups is 1. The van der Waals surface area contributed by atoms with Gasteiger partial charge >= 0.3 is 0 Å². The number of nitrogens with zero attached hydrogens (tertiary/aromatic N) is 1. The van der Waals surface area contributed by atoms with Gasteiger partial charge in [-0.3, -0.25) is 14.6 Å². The van der Waals surface area contributed by atoms with Crippen LogP contribution < -0.4 is 5.56 Å². The van der Waals surface area contributed by atoms with Crippen LogP contribution in [0.5, 0.6) is 0 Å². The molecule has 1 aliphatic heterocycles. The molecule has 0 aliphatic carbocycles. The summed E-state index contributed by atoms with van der Waals surface area (Å²) >= 11 is 4.97. The summed E-state index contributed by atoms with van der Waals surface area (Å²) in [5.41, 5.74) is 0.950. The number of benzene rings is 1. The normalized spacial score (nSPS) is 18.9. The van der Waals surface area contributed by atoms with Crippen molar-refractivity contribution >= 4 is 29.0 Å². The molecule has 5 nitrogen and oxygen atoms in total. The van der Waals surface area contributed by atoms with Crippen molar-refractivity contribution in [1.29, 1.82) is 0 Å². The summed E-state index contributed by atoms with van der Waals surface area (Å²) in [6, 6.07) is 5.35. The van der Waals surface area contributed by atoms with Gasteiger partial charge in [-0.2, -0.15) is 0 Å². The van der Waals surface area contributed by atoms with Crippen LogP contribution in [0.1, 0.15) is 36.5 Å². The van der Waals surface area contributed by atoms with E-state index in [0.29, 0.717) is 16.5 Å². The van der Waals surface area contributed by atoms with E-state index in [1.165, 1.54) is 6.42 Å². The molecule has 0 saturated carbocycles. The van der Waals surface area contributed by atoms with Crippen molar-refractivity contribution in [3.8, 4) is 0 Å². The Labute approximate surface area is 127 Å². The summed E-state index contributed by atoms with van der Waals surface area (Å²) < 4.78 is 0.267. The van der Waals surface area contributed by atoms with E-state index in [1.54, 1.807) is 18.2 Å². The predicted octanol–water partition coefficient (Wildman–Crippen LogP) is 2.60. The second kappa shape index (κ2) is 5.44. The maximum absolute atomic E-state index is 12.6. The van der Waals surface area contributed by atoms with E-state index in [2.05, 4.69) is 16.9 Å². The molecular weight excluding hydrogens is 286 g/mol. The van der Waals surface area contributed by atoms with E-state index in [4.69, 9.17) is 12.2 Å². The Morgan fingerprint density at radius 2 is 2.14 bits per heavy atom. The molecule has 110 valence electrons. The third-order valence-corrected chi connectivity index (χ3v) is 4.25. The van der Waals surface area contributed by atoms with Gasteiger partial charge in [-0.1, -0.05) is 0 Å². The van der Waals surface area contributed by atoms with E-state index < -0.39 is 0 Å². The van der Waals surface area contributed by atoms with Crippen LogP contribution in [0.3, 0.4) is 0 Å². The van der Waals surface area contributed by atoms with Gasteiger partial charge < -0.3 is 9.88 Å². The quantitative estimate of drug-likeness (QED) is 0.796. The van der Waals surface area contributed by atoms with Gasteiger partial charge in [-0.15, -0.1) is 0 Å². The van der Waals surface area contributed by atoms with Crippen molar-refractivity contribution in [1.82, 2.24) is 14.9 Å². The van der Waals surface area contributed by atoms with Crippen molar-refractivity contribution in [3.05, 3.63) is 38.9 Å². The van der Waals surface area contributed by atoms with Crippen LogP contribution in [0, 0.1) is 4.77 Å². The standard InChI is InChI=1S/C15H17N3O2S/c1-9-4-2-3-7-18(9)14(20)10-5-6-11-12(8-10)16-15(21)17-13(11)19/h5-6,8-9H,2-4,7H2,1H3,(H2,16,17,19,21). The van der Waals surface area contributed by atoms with Crippen LogP contribution in [-0.2, 0) is 0 Å². The number of nitrogens with one attached hydrogen (secondary N) is 2. The van der Waals surface area contributed by atoms with Crippen LogP contribution in [0.2, 0.25) is 0 Å². The molecule has 1 fully saturated rings. The summed E-state index contributed by atoms with van der Waals surface area (Å²) in [4.78, 5) is 31.8. The number of H-pyrrole nitrogens is 2. The fraction of sp³-hybridized carbons (Fsp3) is 0.400. The largest absolute Gasteiger partial charge is 0.336 e. The average Bonchev–Trinajstić information content (AvgIpc) is 2.46. The van der Waals surface area contributed by atoms with Crippen molar-refractivity contribution in [2.75, 3.05) is 6.54 Å². The third-order valence-electron chi connectivity index (χ3n) is 4.05. The van der Waals surface area contributed by atoms with Gasteiger partial charge in [0.25, 0.3) is 11.5 Å². The molecule has 3 rings (SSSR count). The molecule has 1 unspecified atom stereocenters. The van der Waals surface area contributed by atoms with Gasteiger partial charge in [-0.05, 0) is 56.6 Å². The summed E-state index contributed by atoms with van der Waals surface area (Å²) in [5.74, 6) is 0.0173. The third kappa shape index (κ3) is 2.63. The van der Waals surface area contributed by atoms with Crippen molar-refractivity contribution < 1.29 is 4.79 Å². The molecule has 2 N–H and O–H groups in total. The molecular formula is C15H17N3O2S. The lowest BCUT2D eigenvalue weighted by molar-refractivity contribution is 0.0636. The van der Waals surface area contributed by atoms with Gasteiger partial charge in [0.05, 0.1) is 10.9 Å². The molecule has 1 atom stereocenters. The minimum Gasteiger partial charge on any atom is -0.336 e. The van der Waals surface area contributed by atoms with Gasteiger partial charge in [-0.25, -0.2) is 0 Å². The van der Waals surface area contributed by atoms with Crippen molar-refractivity contribution in [3.63, 3.8) is 0 Å². The summed E-state index contributed by atoms with van der Waals surface area (Å²) in [7, 11) is 0. The molecule has 1 aliphatic rings. The number of amides is 1. The monoisotopic (exact) mass is 303 g/mol. The number of fused-ring (bicyclic) bond motifs is 1. The molecule has 21 heavy (non-hydrogen) atoms. The second-order valence-electron chi connectivity index (χ2n) is 5.51. The van der Waals surface area contributed by atoms with Gasteiger partial charge in [0, 0.05) is 18.2 Å². The van der Waals surface area contributed by atoms with Gasteiger partial charge in [0.15, 0.2) is 4.77 Å². The maximum Gasteiger partial charge on any atom is 0.259 e. The summed E-state index contributed by atoms with van der Waals surface area (Å²) in [6.07, 6.45) is 3.26. The second-order valence-corrected chi connectivity index (χ2v) is 5.92. The lowest BCUT2D eigenvalue weighted by Crippen LogP contribution is -2.42. The maximum atomic E-state index is 12.6. The smallest absolute Gasteiger partial charge is 0.259 e. The minimum atomic E-state index is -0.237. The van der Waals surface area contributed by atoms with E-state index >= 15 is 0 Å². The highest BCUT2D eigenvalue weighted by atomic mass is 32.1. The fourth-order valence-electron chi connectivity index (χ4n) is 2.87. The van der Waals surface area contributed by atoms with E-state index in [-0.39, 0.29) is 22.3 Å². The zero-order valence-corrected chi connectivity index (χ0v) is 12.6. The Morgan fingerprint density at radius 1 is 1.33 bits per heavy atom. The minimum absolute atomic E-state index is 0.0173. The zero-order chi connectivity index (χ0) is 15.0. The molecule has 0 bridgehead atoms. The number of aromatic amines is 2. The molecule has 1 aromatic heterocycles. The summed E-state index contributed by atoms with van der Waals surface area (Å²) in [5, 5.41) is 0.506. The first-order valence-corrected chi connectivity index (χ1v) is 7.54. The Morgan fingerprint density at radius 3 is 2.90 bits per heavy atom. The van der Waals surface area contributed by atoms with Gasteiger partial charge in [0.2, 0.25) is 0 Å². The lowest BCUT2D eigenvalue weighted by atomic mass is 10.0. The SMILES string of the molecule is CC1CCCCN1C(=O)c1ccc2c(=O)[nH]c(=S)[nH]c2c1. The molecule has 6 heteroatoms.